The first-order chi connectivity index (χ1) is 14.0. The monoisotopic (exact) mass is 396 g/mol. The Morgan fingerprint density at radius 2 is 1.86 bits per heavy atom. The number of nitrogens with one attached hydrogen (secondary N) is 1. The molecule has 0 aliphatic carbocycles. The van der Waals surface area contributed by atoms with Crippen LogP contribution in [0, 0.1) is 0 Å². The molecule has 7 heteroatoms. The molecule has 1 heterocycles. The lowest BCUT2D eigenvalue weighted by atomic mass is 10.0. The van der Waals surface area contributed by atoms with Gasteiger partial charge in [-0.3, -0.25) is 9.59 Å². The maximum atomic E-state index is 12.9. The highest BCUT2D eigenvalue weighted by Crippen LogP contribution is 2.22. The number of carbonyl (C=O) groups excluding carboxylic acids is 2. The summed E-state index contributed by atoms with van der Waals surface area (Å²) in [5.41, 5.74) is 1.29. The molecule has 0 bridgehead atoms. The number of hydrogen-bond donors (Lipinski definition) is 2. The first kappa shape index (κ1) is 20.4. The molecule has 1 unspecified atom stereocenters. The maximum Gasteiger partial charge on any atom is 0.326 e. The summed E-state index contributed by atoms with van der Waals surface area (Å²) in [5, 5.41) is 12.2. The summed E-state index contributed by atoms with van der Waals surface area (Å²) in [5.74, 6) is -0.947. The van der Waals surface area contributed by atoms with Gasteiger partial charge in [0.15, 0.2) is 0 Å². The Balaban J connectivity index is 1.72. The molecule has 3 rings (SSSR count). The number of nitrogens with zero attached hydrogens (tertiary/aromatic N) is 1. The van der Waals surface area contributed by atoms with Crippen molar-refractivity contribution in [2.45, 2.75) is 32.2 Å². The fourth-order valence-electron chi connectivity index (χ4n) is 3.40. The van der Waals surface area contributed by atoms with Crippen LogP contribution in [0.2, 0.25) is 0 Å². The molecule has 2 amide bonds. The standard InChI is InChI=1S/C22H24N2O5/c1-2-29-18-11-9-15(10-12-18)20(25)23-17-7-5-6-16(14-17)21(26)24-13-4-3-8-19(24)22(27)28/h5-7,9-12,14,19H,2-4,8,13H2,1H3,(H,23,25)(H,27,28). The predicted octanol–water partition coefficient (Wildman–Crippen LogP) is 3.42. The van der Waals surface area contributed by atoms with Gasteiger partial charge in [-0.05, 0) is 68.7 Å². The average Bonchev–Trinajstić information content (AvgIpc) is 2.74. The van der Waals surface area contributed by atoms with Crippen molar-refractivity contribution in [1.82, 2.24) is 4.90 Å². The molecule has 0 spiro atoms. The molecule has 1 atom stereocenters. The Labute approximate surface area is 169 Å². The van der Waals surface area contributed by atoms with Gasteiger partial charge in [-0.25, -0.2) is 4.79 Å². The number of hydrogen-bond acceptors (Lipinski definition) is 4. The third kappa shape index (κ3) is 4.93. The highest BCUT2D eigenvalue weighted by atomic mass is 16.5. The van der Waals surface area contributed by atoms with Gasteiger partial charge in [0, 0.05) is 23.4 Å². The molecule has 0 radical (unpaired) electrons. The van der Waals surface area contributed by atoms with E-state index in [0.717, 1.165) is 12.8 Å². The lowest BCUT2D eigenvalue weighted by Gasteiger charge is -2.33. The van der Waals surface area contributed by atoms with E-state index < -0.39 is 12.0 Å². The molecule has 1 fully saturated rings. The first-order valence-electron chi connectivity index (χ1n) is 9.67. The van der Waals surface area contributed by atoms with Crippen molar-refractivity contribution >= 4 is 23.5 Å². The highest BCUT2D eigenvalue weighted by molar-refractivity contribution is 6.05. The van der Waals surface area contributed by atoms with Crippen molar-refractivity contribution in [2.24, 2.45) is 0 Å². The van der Waals surface area contributed by atoms with Gasteiger partial charge in [-0.15, -0.1) is 0 Å². The van der Waals surface area contributed by atoms with Crippen LogP contribution in [0.1, 0.15) is 46.9 Å². The lowest BCUT2D eigenvalue weighted by Crippen LogP contribution is -2.48. The van der Waals surface area contributed by atoms with E-state index in [4.69, 9.17) is 4.74 Å². The Morgan fingerprint density at radius 1 is 1.10 bits per heavy atom. The molecule has 1 aliphatic heterocycles. The zero-order valence-corrected chi connectivity index (χ0v) is 16.3. The minimum Gasteiger partial charge on any atom is -0.494 e. The number of carbonyl (C=O) groups is 3. The fraction of sp³-hybridized carbons (Fsp3) is 0.318. The minimum absolute atomic E-state index is 0.306. The number of anilines is 1. The van der Waals surface area contributed by atoms with Crippen molar-refractivity contribution in [3.63, 3.8) is 0 Å². The smallest absolute Gasteiger partial charge is 0.326 e. The van der Waals surface area contributed by atoms with Gasteiger partial charge in [0.2, 0.25) is 0 Å². The second-order valence-electron chi connectivity index (χ2n) is 6.84. The van der Waals surface area contributed by atoms with E-state index in [0.29, 0.717) is 42.1 Å². The average molecular weight is 396 g/mol. The third-order valence-corrected chi connectivity index (χ3v) is 4.84. The second-order valence-corrected chi connectivity index (χ2v) is 6.84. The van der Waals surface area contributed by atoms with Gasteiger partial charge in [0.25, 0.3) is 11.8 Å². The maximum absolute atomic E-state index is 12.9. The molecule has 1 aliphatic rings. The van der Waals surface area contributed by atoms with Crippen LogP contribution in [0.5, 0.6) is 5.75 Å². The zero-order valence-electron chi connectivity index (χ0n) is 16.3. The Kier molecular flexibility index (Phi) is 6.49. The molecule has 1 saturated heterocycles. The van der Waals surface area contributed by atoms with Crippen LogP contribution in [-0.2, 0) is 4.79 Å². The van der Waals surface area contributed by atoms with Gasteiger partial charge in [-0.2, -0.15) is 0 Å². The van der Waals surface area contributed by atoms with Crippen LogP contribution in [0.15, 0.2) is 48.5 Å². The molecular weight excluding hydrogens is 372 g/mol. The Morgan fingerprint density at radius 3 is 2.55 bits per heavy atom. The van der Waals surface area contributed by atoms with Crippen LogP contribution >= 0.6 is 0 Å². The number of piperidine rings is 1. The van der Waals surface area contributed by atoms with Gasteiger partial charge in [0.05, 0.1) is 6.61 Å². The molecule has 0 aromatic heterocycles. The van der Waals surface area contributed by atoms with Crippen molar-refractivity contribution in [2.75, 3.05) is 18.5 Å². The van der Waals surface area contributed by atoms with Crippen LogP contribution in [0.25, 0.3) is 0 Å². The molecule has 2 N–H and O–H groups in total. The number of carboxylic acid groups (broad SMARTS) is 1. The van der Waals surface area contributed by atoms with E-state index in [2.05, 4.69) is 5.32 Å². The summed E-state index contributed by atoms with van der Waals surface area (Å²) in [6, 6.07) is 12.5. The fourth-order valence-corrected chi connectivity index (χ4v) is 3.40. The third-order valence-electron chi connectivity index (χ3n) is 4.84. The summed E-state index contributed by atoms with van der Waals surface area (Å²) in [4.78, 5) is 38.2. The zero-order chi connectivity index (χ0) is 20.8. The summed E-state index contributed by atoms with van der Waals surface area (Å²) in [6.45, 7) is 2.85. The van der Waals surface area contributed by atoms with Gasteiger partial charge < -0.3 is 20.1 Å². The number of carboxylic acids is 1. The molecule has 152 valence electrons. The minimum atomic E-state index is -0.988. The summed E-state index contributed by atoms with van der Waals surface area (Å²) in [7, 11) is 0. The number of ether oxygens (including phenoxy) is 1. The number of likely N-dealkylation sites (tertiary alicyclic amines) is 1. The van der Waals surface area contributed by atoms with Crippen LogP contribution in [-0.4, -0.2) is 47.0 Å². The van der Waals surface area contributed by atoms with Crippen molar-refractivity contribution in [3.05, 3.63) is 59.7 Å². The Hall–Kier alpha value is -3.35. The van der Waals surface area contributed by atoms with E-state index >= 15 is 0 Å². The van der Waals surface area contributed by atoms with E-state index in [1.807, 2.05) is 6.92 Å². The van der Waals surface area contributed by atoms with E-state index in [1.54, 1.807) is 48.5 Å². The summed E-state index contributed by atoms with van der Waals surface area (Å²) >= 11 is 0. The quantitative estimate of drug-likeness (QED) is 0.780. The largest absolute Gasteiger partial charge is 0.494 e. The van der Waals surface area contributed by atoms with E-state index in [-0.39, 0.29) is 11.8 Å². The van der Waals surface area contributed by atoms with E-state index in [9.17, 15) is 19.5 Å². The molecule has 2 aromatic carbocycles. The molecule has 0 saturated carbocycles. The normalized spacial score (nSPS) is 16.2. The van der Waals surface area contributed by atoms with Gasteiger partial charge >= 0.3 is 5.97 Å². The first-order valence-corrected chi connectivity index (χ1v) is 9.67. The number of aliphatic carboxylic acids is 1. The molecule has 2 aromatic rings. The molecule has 29 heavy (non-hydrogen) atoms. The van der Waals surface area contributed by atoms with Gasteiger partial charge in [0.1, 0.15) is 11.8 Å². The number of rotatable bonds is 6. The second kappa shape index (κ2) is 9.23. The van der Waals surface area contributed by atoms with E-state index in [1.165, 1.54) is 4.90 Å². The number of benzene rings is 2. The molecular formula is C22H24N2O5. The van der Waals surface area contributed by atoms with Crippen molar-refractivity contribution in [3.8, 4) is 5.75 Å². The topological polar surface area (TPSA) is 95.9 Å². The van der Waals surface area contributed by atoms with Crippen LogP contribution in [0.4, 0.5) is 5.69 Å². The van der Waals surface area contributed by atoms with Crippen molar-refractivity contribution in [1.29, 1.82) is 0 Å². The van der Waals surface area contributed by atoms with Crippen LogP contribution in [0.3, 0.4) is 0 Å². The lowest BCUT2D eigenvalue weighted by molar-refractivity contribution is -0.143. The van der Waals surface area contributed by atoms with Gasteiger partial charge in [-0.1, -0.05) is 6.07 Å². The van der Waals surface area contributed by atoms with Crippen LogP contribution < -0.4 is 10.1 Å². The SMILES string of the molecule is CCOc1ccc(C(=O)Nc2cccc(C(=O)N3CCCCC3C(=O)O)c2)cc1. The number of amides is 2. The van der Waals surface area contributed by atoms with Crippen molar-refractivity contribution < 1.29 is 24.2 Å². The predicted molar refractivity (Wildman–Crippen MR) is 108 cm³/mol. The Bertz CT molecular complexity index is 894. The highest BCUT2D eigenvalue weighted by Gasteiger charge is 2.32. The molecule has 7 nitrogen and oxygen atoms in total. The summed E-state index contributed by atoms with van der Waals surface area (Å²) < 4.78 is 5.37. The summed E-state index contributed by atoms with van der Waals surface area (Å²) in [6.07, 6.45) is 2.03.